The smallest absolute Gasteiger partial charge is 0.232 e. The predicted molar refractivity (Wildman–Crippen MR) is 150 cm³/mol. The summed E-state index contributed by atoms with van der Waals surface area (Å²) in [5, 5.41) is 34.8. The van der Waals surface area contributed by atoms with Crippen molar-refractivity contribution in [1.29, 1.82) is 0 Å². The van der Waals surface area contributed by atoms with Gasteiger partial charge in [0.2, 0.25) is 11.2 Å². The predicted octanol–water partition coefficient (Wildman–Crippen LogP) is 3.97. The van der Waals surface area contributed by atoms with Gasteiger partial charge in [0, 0.05) is 49.7 Å². The monoisotopic (exact) mass is 544 g/mol. The number of ketones is 1. The number of phenolic OH excluding ortho intramolecular Hbond substituents is 3. The molecule has 0 atom stereocenters. The Morgan fingerprint density at radius 2 is 1.32 bits per heavy atom. The summed E-state index contributed by atoms with van der Waals surface area (Å²) in [5.41, 5.74) is 0.0794. The number of benzene rings is 5. The highest BCUT2D eigenvalue weighted by Gasteiger charge is 2.37. The van der Waals surface area contributed by atoms with Crippen LogP contribution < -0.4 is 29.8 Å². The van der Waals surface area contributed by atoms with Crippen molar-refractivity contribution >= 4 is 54.4 Å². The highest BCUT2D eigenvalue weighted by atomic mass is 16.5. The van der Waals surface area contributed by atoms with E-state index in [9.17, 15) is 29.7 Å². The molecular weight excluding hydrogens is 520 g/mol. The normalized spacial score (nSPS) is 13.2. The van der Waals surface area contributed by atoms with E-state index in [1.807, 2.05) is 0 Å². The Morgan fingerprint density at radius 1 is 0.700 bits per heavy atom. The van der Waals surface area contributed by atoms with Gasteiger partial charge in [-0.1, -0.05) is 5.57 Å². The molecule has 0 aliphatic heterocycles. The zero-order valence-electron chi connectivity index (χ0n) is 22.5. The Bertz CT molecular complexity index is 2120. The molecule has 1 aliphatic rings. The van der Waals surface area contributed by atoms with Gasteiger partial charge in [-0.3, -0.25) is 14.4 Å². The van der Waals surface area contributed by atoms with Crippen LogP contribution in [0.1, 0.15) is 25.0 Å². The van der Waals surface area contributed by atoms with E-state index >= 15 is 0 Å². The minimum Gasteiger partial charge on any atom is -0.504 e. The van der Waals surface area contributed by atoms with Gasteiger partial charge in [-0.25, -0.2) is 0 Å². The quantitative estimate of drug-likeness (QED) is 0.169. The van der Waals surface area contributed by atoms with Crippen molar-refractivity contribution in [3.8, 4) is 40.2 Å². The fourth-order valence-electron chi connectivity index (χ4n) is 6.52. The third-order valence-corrected chi connectivity index (χ3v) is 7.90. The second kappa shape index (κ2) is 8.25. The molecular formula is C30H24O10. The van der Waals surface area contributed by atoms with Crippen LogP contribution in [0.25, 0.3) is 48.7 Å². The molecule has 3 N–H and O–H groups in total. The van der Waals surface area contributed by atoms with Gasteiger partial charge in [-0.2, -0.15) is 0 Å². The minimum atomic E-state index is -0.757. The van der Waals surface area contributed by atoms with Crippen LogP contribution in [-0.2, 0) is 11.2 Å². The second-order valence-electron chi connectivity index (χ2n) is 9.79. The van der Waals surface area contributed by atoms with E-state index in [0.717, 1.165) is 0 Å². The van der Waals surface area contributed by atoms with E-state index in [1.165, 1.54) is 41.4 Å². The first-order valence-corrected chi connectivity index (χ1v) is 12.3. The maximum atomic E-state index is 14.0. The summed E-state index contributed by atoms with van der Waals surface area (Å²) < 4.78 is 22.4. The molecule has 0 bridgehead atoms. The third kappa shape index (κ3) is 2.74. The van der Waals surface area contributed by atoms with Crippen LogP contribution in [0.4, 0.5) is 0 Å². The van der Waals surface area contributed by atoms with Crippen LogP contribution in [-0.4, -0.2) is 49.5 Å². The molecule has 10 heteroatoms. The van der Waals surface area contributed by atoms with Crippen LogP contribution in [0.5, 0.6) is 40.2 Å². The van der Waals surface area contributed by atoms with Gasteiger partial charge in [-0.15, -0.1) is 0 Å². The van der Waals surface area contributed by atoms with Gasteiger partial charge >= 0.3 is 0 Å². The van der Waals surface area contributed by atoms with Gasteiger partial charge in [0.15, 0.2) is 40.0 Å². The summed E-state index contributed by atoms with van der Waals surface area (Å²) in [6.07, 6.45) is 0.117. The average Bonchev–Trinajstić information content (AvgIpc) is 3.04. The van der Waals surface area contributed by atoms with Crippen LogP contribution in [0, 0.1) is 0 Å². The highest BCUT2D eigenvalue weighted by Crippen LogP contribution is 2.58. The van der Waals surface area contributed by atoms with Gasteiger partial charge in [-0.05, 0) is 25.7 Å². The number of phenols is 3. The molecule has 10 nitrogen and oxygen atoms in total. The lowest BCUT2D eigenvalue weighted by Gasteiger charge is -2.24. The van der Waals surface area contributed by atoms with E-state index in [1.54, 1.807) is 6.92 Å². The number of hydrogen-bond acceptors (Lipinski definition) is 10. The number of rotatable bonds is 5. The van der Waals surface area contributed by atoms with Crippen molar-refractivity contribution in [3.05, 3.63) is 43.2 Å². The number of carbonyl (C=O) groups excluding carboxylic acids is 1. The zero-order chi connectivity index (χ0) is 28.9. The number of Topliss-reactive ketones (excluding diaryl/α,β-unsaturated/α-hetero) is 1. The Morgan fingerprint density at radius 3 is 1.90 bits per heavy atom. The Balaban J connectivity index is 2.23. The largest absolute Gasteiger partial charge is 0.504 e. The molecule has 6 rings (SSSR count). The molecule has 1 aliphatic carbocycles. The molecule has 204 valence electrons. The topological polar surface area (TPSA) is 149 Å². The van der Waals surface area contributed by atoms with Crippen molar-refractivity contribution in [3.63, 3.8) is 0 Å². The molecule has 0 saturated heterocycles. The van der Waals surface area contributed by atoms with Gasteiger partial charge in [0.05, 0.1) is 39.2 Å². The molecule has 0 radical (unpaired) electrons. The number of allylic oxidation sites excluding steroid dienone is 2. The van der Waals surface area contributed by atoms with E-state index in [0.29, 0.717) is 21.9 Å². The number of ether oxygens (including phenoxy) is 4. The third-order valence-electron chi connectivity index (χ3n) is 7.90. The van der Waals surface area contributed by atoms with Crippen molar-refractivity contribution in [2.45, 2.75) is 20.3 Å². The number of carbonyl (C=O) groups is 1. The highest BCUT2D eigenvalue weighted by molar-refractivity contribution is 6.41. The molecule has 0 spiro atoms. The molecule has 0 heterocycles. The van der Waals surface area contributed by atoms with E-state index in [-0.39, 0.29) is 78.7 Å². The minimum absolute atomic E-state index is 0.0301. The van der Waals surface area contributed by atoms with Crippen molar-refractivity contribution in [2.75, 3.05) is 28.4 Å². The van der Waals surface area contributed by atoms with E-state index < -0.39 is 28.1 Å². The first kappa shape index (κ1) is 25.3. The molecule has 0 unspecified atom stereocenters. The first-order valence-electron chi connectivity index (χ1n) is 12.3. The summed E-state index contributed by atoms with van der Waals surface area (Å²) in [6.45, 7) is 3.09. The van der Waals surface area contributed by atoms with Crippen LogP contribution in [0.2, 0.25) is 0 Å². The van der Waals surface area contributed by atoms with Crippen LogP contribution in [0.3, 0.4) is 0 Å². The first-order chi connectivity index (χ1) is 19.0. The second-order valence-corrected chi connectivity index (χ2v) is 9.79. The van der Waals surface area contributed by atoms with Gasteiger partial charge < -0.3 is 34.3 Å². The molecule has 0 saturated carbocycles. The Labute approximate surface area is 225 Å². The number of aromatic hydroxyl groups is 3. The molecule has 5 aromatic carbocycles. The van der Waals surface area contributed by atoms with Crippen molar-refractivity contribution in [1.82, 2.24) is 0 Å². The zero-order valence-corrected chi connectivity index (χ0v) is 22.5. The molecule has 0 aromatic heterocycles. The van der Waals surface area contributed by atoms with Crippen LogP contribution in [0.15, 0.2) is 21.2 Å². The van der Waals surface area contributed by atoms with Gasteiger partial charge in [0.1, 0.15) is 5.75 Å². The Kier molecular flexibility index (Phi) is 5.22. The van der Waals surface area contributed by atoms with Crippen molar-refractivity contribution in [2.24, 2.45) is 0 Å². The fourth-order valence-corrected chi connectivity index (χ4v) is 6.52. The standard InChI is InChI=1S/C30H24O10/c1-9-7-11-15-18-16(25(34)28(11)38-4)12(32)8-13(37-3)17(18)22-20-19(15)21(14(9)10(2)31)29(39-5)26(35)23(20)24(33)27(36)30(22)40-6/h8,33-34,36H,7H2,1-6H3. The molecule has 0 fully saturated rings. The Hall–Kier alpha value is -4.99. The number of fused-ring (bicyclic) bond motifs is 1. The van der Waals surface area contributed by atoms with E-state index in [2.05, 4.69) is 0 Å². The average molecular weight is 545 g/mol. The number of methoxy groups -OCH3 is 4. The van der Waals surface area contributed by atoms with Crippen LogP contribution >= 0.6 is 0 Å². The lowest BCUT2D eigenvalue weighted by atomic mass is 9.82. The van der Waals surface area contributed by atoms with Crippen molar-refractivity contribution < 1.29 is 39.1 Å². The maximum Gasteiger partial charge on any atom is 0.232 e. The molecule has 0 amide bonds. The summed E-state index contributed by atoms with van der Waals surface area (Å²) in [5.74, 6) is -2.49. The lowest BCUT2D eigenvalue weighted by Crippen LogP contribution is -2.14. The molecule has 40 heavy (non-hydrogen) atoms. The van der Waals surface area contributed by atoms with Gasteiger partial charge in [0.25, 0.3) is 0 Å². The summed E-state index contributed by atoms with van der Waals surface area (Å²) >= 11 is 0. The fraction of sp³-hybridized carbons (Fsp3) is 0.233. The summed E-state index contributed by atoms with van der Waals surface area (Å²) in [4.78, 5) is 40.7. The van der Waals surface area contributed by atoms with E-state index in [4.69, 9.17) is 18.9 Å². The lowest BCUT2D eigenvalue weighted by molar-refractivity contribution is -0.111. The number of hydrogen-bond donors (Lipinski definition) is 3. The SMILES string of the molecule is COc1c(O)c2c(=O)cc(OC)c3c4c(OC)c(O)c(O)c5c(=O)c(OC)c6c(c(c1CC(C)=C6C(C)=O)c23)c54. The summed E-state index contributed by atoms with van der Waals surface area (Å²) in [6, 6.07) is 1.19. The molecule has 5 aromatic rings. The maximum absolute atomic E-state index is 14.0. The summed E-state index contributed by atoms with van der Waals surface area (Å²) in [7, 11) is 5.27.